The van der Waals surface area contributed by atoms with Gasteiger partial charge in [-0.3, -0.25) is 24.2 Å². The molecule has 202 valence electrons. The highest BCUT2D eigenvalue weighted by Crippen LogP contribution is 2.43. The summed E-state index contributed by atoms with van der Waals surface area (Å²) in [6.07, 6.45) is 12.1. The van der Waals surface area contributed by atoms with E-state index < -0.39 is 29.4 Å². The highest BCUT2D eigenvalue weighted by molar-refractivity contribution is 5.98. The molecule has 0 spiro atoms. The molecule has 5 atom stereocenters. The summed E-state index contributed by atoms with van der Waals surface area (Å²) >= 11 is 0. The van der Waals surface area contributed by atoms with E-state index in [4.69, 9.17) is 0 Å². The van der Waals surface area contributed by atoms with Crippen molar-refractivity contribution in [3.8, 4) is 0 Å². The van der Waals surface area contributed by atoms with Gasteiger partial charge in [0.25, 0.3) is 5.91 Å². The number of nitrogens with one attached hydrogen (secondary N) is 2. The molecule has 1 aliphatic heterocycles. The minimum absolute atomic E-state index is 0.0121. The molecule has 2 aliphatic carbocycles. The number of likely N-dealkylation sites (tertiary alicyclic amines) is 1. The minimum Gasteiger partial charge on any atom is -0.342 e. The van der Waals surface area contributed by atoms with Gasteiger partial charge in [-0.1, -0.05) is 46.5 Å². The number of nitrogens with zero attached hydrogens (tertiary/aromatic N) is 3. The molecule has 37 heavy (non-hydrogen) atoms. The van der Waals surface area contributed by atoms with Crippen molar-refractivity contribution in [3.05, 3.63) is 24.3 Å². The van der Waals surface area contributed by atoms with Crippen LogP contribution in [0.3, 0.4) is 0 Å². The van der Waals surface area contributed by atoms with Crippen LogP contribution < -0.4 is 10.6 Å². The van der Waals surface area contributed by atoms with Gasteiger partial charge in [0.2, 0.25) is 11.8 Å². The molecular formula is C28H41N5O4. The lowest BCUT2D eigenvalue weighted by Crippen LogP contribution is -2.61. The zero-order valence-electron chi connectivity index (χ0n) is 22.5. The second-order valence-corrected chi connectivity index (χ2v) is 12.1. The molecule has 4 rings (SSSR count). The van der Waals surface area contributed by atoms with E-state index in [1.54, 1.807) is 11.8 Å². The third-order valence-electron chi connectivity index (χ3n) is 8.48. The van der Waals surface area contributed by atoms with Gasteiger partial charge in [0, 0.05) is 18.9 Å². The number of hydrogen-bond donors (Lipinski definition) is 2. The molecule has 9 heteroatoms. The van der Waals surface area contributed by atoms with Crippen LogP contribution in [-0.4, -0.2) is 63.0 Å². The van der Waals surface area contributed by atoms with Crippen LogP contribution in [0, 0.1) is 23.2 Å². The molecule has 2 N–H and O–H groups in total. The topological polar surface area (TPSA) is 121 Å². The van der Waals surface area contributed by atoms with Crippen molar-refractivity contribution in [2.24, 2.45) is 23.2 Å². The summed E-state index contributed by atoms with van der Waals surface area (Å²) in [5.74, 6) is -0.496. The number of Topliss-reactive ketones (excluding diaryl/α,β-unsaturated/α-hetero) is 1. The van der Waals surface area contributed by atoms with Gasteiger partial charge in [0.1, 0.15) is 17.8 Å². The van der Waals surface area contributed by atoms with Gasteiger partial charge in [-0.05, 0) is 55.8 Å². The predicted octanol–water partition coefficient (Wildman–Crippen LogP) is 2.90. The standard InChI is InChI=1S/C28H41N5O4/c1-17(34)23-20-12-8-11-19(20)16-33(23)27(37)24(28(2,3)4)32-26(36)22(18-9-6-5-7-10-18)31-25(35)21-15-29-13-14-30-21/h13-15,18-20,22-24H,5-12,16H2,1-4H3,(H,31,35)(H,32,36)/t19-,20-,22+,23+,24+/m0/s1. The predicted molar refractivity (Wildman–Crippen MR) is 138 cm³/mol. The van der Waals surface area contributed by atoms with Crippen LogP contribution in [0.5, 0.6) is 0 Å². The highest BCUT2D eigenvalue weighted by atomic mass is 16.2. The third kappa shape index (κ3) is 6.02. The number of amides is 3. The molecule has 3 aliphatic rings. The van der Waals surface area contributed by atoms with Crippen LogP contribution >= 0.6 is 0 Å². The second-order valence-electron chi connectivity index (χ2n) is 12.1. The summed E-state index contributed by atoms with van der Waals surface area (Å²) in [5.41, 5.74) is -0.440. The Kier molecular flexibility index (Phi) is 8.29. The van der Waals surface area contributed by atoms with Crippen molar-refractivity contribution in [1.29, 1.82) is 0 Å². The first-order valence-corrected chi connectivity index (χ1v) is 13.8. The van der Waals surface area contributed by atoms with Gasteiger partial charge in [0.05, 0.1) is 12.2 Å². The van der Waals surface area contributed by atoms with Crippen LogP contribution in [0.1, 0.15) is 89.5 Å². The van der Waals surface area contributed by atoms with Gasteiger partial charge in [0.15, 0.2) is 5.78 Å². The molecule has 0 unspecified atom stereocenters. The van der Waals surface area contributed by atoms with Crippen LogP contribution in [-0.2, 0) is 14.4 Å². The van der Waals surface area contributed by atoms with Crippen LogP contribution in [0.4, 0.5) is 0 Å². The lowest BCUT2D eigenvalue weighted by Gasteiger charge is -2.38. The smallest absolute Gasteiger partial charge is 0.272 e. The number of fused-ring (bicyclic) bond motifs is 1. The molecular weight excluding hydrogens is 470 g/mol. The molecule has 0 radical (unpaired) electrons. The Bertz CT molecular complexity index is 1000. The Labute approximate surface area is 219 Å². The van der Waals surface area contributed by atoms with E-state index in [0.29, 0.717) is 12.5 Å². The largest absolute Gasteiger partial charge is 0.342 e. The molecule has 3 amide bonds. The first-order valence-electron chi connectivity index (χ1n) is 13.8. The number of aromatic nitrogens is 2. The molecule has 3 fully saturated rings. The van der Waals surface area contributed by atoms with Crippen molar-refractivity contribution in [2.75, 3.05) is 6.54 Å². The maximum atomic E-state index is 14.0. The molecule has 1 aromatic heterocycles. The van der Waals surface area contributed by atoms with E-state index in [1.807, 2.05) is 20.8 Å². The Balaban J connectivity index is 1.56. The lowest BCUT2D eigenvalue weighted by molar-refractivity contribution is -0.144. The fourth-order valence-electron chi connectivity index (χ4n) is 6.60. The quantitative estimate of drug-likeness (QED) is 0.581. The first kappa shape index (κ1) is 27.2. The Morgan fingerprint density at radius 1 is 0.973 bits per heavy atom. The van der Waals surface area contributed by atoms with Crippen molar-refractivity contribution < 1.29 is 19.2 Å². The number of ketones is 1. The second kappa shape index (κ2) is 11.3. The third-order valence-corrected chi connectivity index (χ3v) is 8.48. The Morgan fingerprint density at radius 2 is 1.70 bits per heavy atom. The number of hydrogen-bond acceptors (Lipinski definition) is 6. The monoisotopic (exact) mass is 511 g/mol. The van der Waals surface area contributed by atoms with E-state index in [0.717, 1.165) is 51.4 Å². The van der Waals surface area contributed by atoms with Gasteiger partial charge in [-0.15, -0.1) is 0 Å². The highest BCUT2D eigenvalue weighted by Gasteiger charge is 2.50. The zero-order chi connectivity index (χ0) is 26.7. The summed E-state index contributed by atoms with van der Waals surface area (Å²) in [6.45, 7) is 7.89. The van der Waals surface area contributed by atoms with Crippen LogP contribution in [0.2, 0.25) is 0 Å². The van der Waals surface area contributed by atoms with Crippen LogP contribution in [0.25, 0.3) is 0 Å². The normalized spacial score (nSPS) is 25.7. The van der Waals surface area contributed by atoms with Gasteiger partial charge < -0.3 is 15.5 Å². The van der Waals surface area contributed by atoms with E-state index in [1.165, 1.54) is 18.6 Å². The van der Waals surface area contributed by atoms with Crippen LogP contribution in [0.15, 0.2) is 18.6 Å². The lowest BCUT2D eigenvalue weighted by atomic mass is 9.82. The minimum atomic E-state index is -0.819. The maximum Gasteiger partial charge on any atom is 0.272 e. The Morgan fingerprint density at radius 3 is 2.32 bits per heavy atom. The molecule has 2 saturated carbocycles. The van der Waals surface area contributed by atoms with Crippen molar-refractivity contribution >= 4 is 23.5 Å². The molecule has 0 aromatic carbocycles. The zero-order valence-corrected chi connectivity index (χ0v) is 22.5. The van der Waals surface area contributed by atoms with Crippen molar-refractivity contribution in [3.63, 3.8) is 0 Å². The average molecular weight is 512 g/mol. The molecule has 1 aromatic rings. The molecule has 1 saturated heterocycles. The number of rotatable bonds is 7. The molecule has 2 heterocycles. The van der Waals surface area contributed by atoms with E-state index in [2.05, 4.69) is 20.6 Å². The molecule has 0 bridgehead atoms. The molecule has 9 nitrogen and oxygen atoms in total. The van der Waals surface area contributed by atoms with E-state index in [9.17, 15) is 19.2 Å². The first-order chi connectivity index (χ1) is 17.6. The number of carbonyl (C=O) groups is 4. The summed E-state index contributed by atoms with van der Waals surface area (Å²) in [5, 5.41) is 5.92. The maximum absolute atomic E-state index is 14.0. The fourth-order valence-corrected chi connectivity index (χ4v) is 6.60. The average Bonchev–Trinajstić information content (AvgIpc) is 3.47. The van der Waals surface area contributed by atoms with Gasteiger partial charge in [-0.2, -0.15) is 0 Å². The summed E-state index contributed by atoms with van der Waals surface area (Å²) in [7, 11) is 0. The van der Waals surface area contributed by atoms with Gasteiger partial charge >= 0.3 is 0 Å². The van der Waals surface area contributed by atoms with Crippen molar-refractivity contribution in [1.82, 2.24) is 25.5 Å². The van der Waals surface area contributed by atoms with Crippen molar-refractivity contribution in [2.45, 2.75) is 97.2 Å². The van der Waals surface area contributed by atoms with E-state index >= 15 is 0 Å². The summed E-state index contributed by atoms with van der Waals surface area (Å²) < 4.78 is 0. The summed E-state index contributed by atoms with van der Waals surface area (Å²) in [4.78, 5) is 63.1. The van der Waals surface area contributed by atoms with Gasteiger partial charge in [-0.25, -0.2) is 4.98 Å². The Hall–Kier alpha value is -2.84. The fraction of sp³-hybridized carbons (Fsp3) is 0.714. The summed E-state index contributed by atoms with van der Waals surface area (Å²) in [6, 6.07) is -2.03. The number of carbonyl (C=O) groups excluding carboxylic acids is 4. The SMILES string of the molecule is CC(=O)[C@@H]1[C@H]2CCC[C@H]2CN1C(=O)[C@@H](NC(=O)[C@H](NC(=O)c1cnccn1)C1CCCCC1)C(C)(C)C. The van der Waals surface area contributed by atoms with E-state index in [-0.39, 0.29) is 35.1 Å².